The second kappa shape index (κ2) is 5.33. The van der Waals surface area contributed by atoms with E-state index in [0.29, 0.717) is 11.7 Å². The zero-order chi connectivity index (χ0) is 13.3. The minimum Gasteiger partial charge on any atom is -0.377 e. The number of aromatic nitrogens is 2. The number of benzene rings is 1. The van der Waals surface area contributed by atoms with Crippen LogP contribution in [0.1, 0.15) is 17.0 Å². The molecule has 0 amide bonds. The molecule has 3 nitrogen and oxygen atoms in total. The van der Waals surface area contributed by atoms with Crippen LogP contribution in [0, 0.1) is 13.8 Å². The highest BCUT2D eigenvalue weighted by Crippen LogP contribution is 2.25. The Balaban J connectivity index is 2.18. The molecule has 0 fully saturated rings. The number of nitrogens with zero attached hydrogens (tertiary/aromatic N) is 2. The number of anilines is 1. The van der Waals surface area contributed by atoms with Crippen LogP contribution in [-0.4, -0.2) is 9.55 Å². The largest absolute Gasteiger partial charge is 0.377 e. The normalized spacial score (nSPS) is 10.7. The van der Waals surface area contributed by atoms with Crippen molar-refractivity contribution < 1.29 is 0 Å². The molecule has 0 aliphatic carbocycles. The van der Waals surface area contributed by atoms with Gasteiger partial charge in [0.05, 0.1) is 12.7 Å². The van der Waals surface area contributed by atoms with Gasteiger partial charge < -0.3 is 9.88 Å². The molecular weight excluding hydrogens is 314 g/mol. The monoisotopic (exact) mass is 327 g/mol. The van der Waals surface area contributed by atoms with Gasteiger partial charge in [0.2, 0.25) is 0 Å². The average Bonchev–Trinajstić information content (AvgIpc) is 2.59. The summed E-state index contributed by atoms with van der Waals surface area (Å²) in [6.45, 7) is 4.84. The fourth-order valence-electron chi connectivity index (χ4n) is 1.95. The molecular formula is C13H15BrClN3. The molecule has 18 heavy (non-hydrogen) atoms. The number of nitrogens with one attached hydrogen (secondary N) is 1. The first-order chi connectivity index (χ1) is 8.49. The first-order valence-corrected chi connectivity index (χ1v) is 6.83. The van der Waals surface area contributed by atoms with Crippen LogP contribution in [0.25, 0.3) is 0 Å². The first-order valence-electron chi connectivity index (χ1n) is 5.65. The van der Waals surface area contributed by atoms with Gasteiger partial charge in [0, 0.05) is 17.2 Å². The molecule has 0 radical (unpaired) electrons. The van der Waals surface area contributed by atoms with E-state index in [1.807, 2.05) is 11.6 Å². The van der Waals surface area contributed by atoms with Gasteiger partial charge in [-0.2, -0.15) is 0 Å². The standard InChI is InChI=1S/C13H15BrClN3/c1-8-4-10(14)5-9(2)13(8)17-7-12-16-6-11(15)18(12)3/h4-6,17H,7H2,1-3H3. The third-order valence-corrected chi connectivity index (χ3v) is 3.76. The Bertz CT molecular complexity index is 555. The van der Waals surface area contributed by atoms with E-state index in [9.17, 15) is 0 Å². The van der Waals surface area contributed by atoms with Gasteiger partial charge in [-0.1, -0.05) is 27.5 Å². The molecule has 0 bridgehead atoms. The molecule has 2 aromatic rings. The Hall–Kier alpha value is -1.00. The van der Waals surface area contributed by atoms with Crippen LogP contribution in [0.4, 0.5) is 5.69 Å². The zero-order valence-corrected chi connectivity index (χ0v) is 12.9. The van der Waals surface area contributed by atoms with E-state index in [2.05, 4.69) is 52.2 Å². The van der Waals surface area contributed by atoms with E-state index in [1.54, 1.807) is 6.20 Å². The lowest BCUT2D eigenvalue weighted by Crippen LogP contribution is -2.08. The summed E-state index contributed by atoms with van der Waals surface area (Å²) >= 11 is 9.46. The minimum absolute atomic E-state index is 0.649. The molecule has 0 saturated heterocycles. The number of rotatable bonds is 3. The first kappa shape index (κ1) is 13.4. The summed E-state index contributed by atoms with van der Waals surface area (Å²) in [7, 11) is 1.91. The molecule has 0 saturated carbocycles. The van der Waals surface area contributed by atoms with Gasteiger partial charge in [0.15, 0.2) is 0 Å². The molecule has 1 aromatic carbocycles. The highest BCUT2D eigenvalue weighted by molar-refractivity contribution is 9.10. The molecule has 0 aliphatic rings. The van der Waals surface area contributed by atoms with Crippen molar-refractivity contribution in [3.63, 3.8) is 0 Å². The molecule has 5 heteroatoms. The Morgan fingerprint density at radius 2 is 1.94 bits per heavy atom. The third-order valence-electron chi connectivity index (χ3n) is 2.95. The Morgan fingerprint density at radius 3 is 2.44 bits per heavy atom. The zero-order valence-electron chi connectivity index (χ0n) is 10.6. The molecule has 1 heterocycles. The third kappa shape index (κ3) is 2.70. The van der Waals surface area contributed by atoms with E-state index >= 15 is 0 Å². The topological polar surface area (TPSA) is 29.9 Å². The number of hydrogen-bond acceptors (Lipinski definition) is 2. The van der Waals surface area contributed by atoms with Crippen LogP contribution >= 0.6 is 27.5 Å². The second-order valence-corrected chi connectivity index (χ2v) is 5.63. The predicted octanol–water partition coefficient (Wildman–Crippen LogP) is 4.06. The summed E-state index contributed by atoms with van der Waals surface area (Å²) in [6, 6.07) is 4.20. The van der Waals surface area contributed by atoms with Crippen molar-refractivity contribution in [2.75, 3.05) is 5.32 Å². The summed E-state index contributed by atoms with van der Waals surface area (Å²) in [6.07, 6.45) is 1.67. The Morgan fingerprint density at radius 1 is 1.33 bits per heavy atom. The van der Waals surface area contributed by atoms with Gasteiger partial charge in [-0.05, 0) is 37.1 Å². The Kier molecular flexibility index (Phi) is 3.97. The fraction of sp³-hybridized carbons (Fsp3) is 0.308. The fourth-order valence-corrected chi connectivity index (χ4v) is 2.78. The smallest absolute Gasteiger partial charge is 0.128 e. The van der Waals surface area contributed by atoms with Crippen LogP contribution < -0.4 is 5.32 Å². The maximum absolute atomic E-state index is 5.96. The molecule has 1 N–H and O–H groups in total. The summed E-state index contributed by atoms with van der Waals surface area (Å²) < 4.78 is 2.97. The van der Waals surface area contributed by atoms with Crippen LogP contribution in [0.3, 0.4) is 0 Å². The molecule has 96 valence electrons. The van der Waals surface area contributed by atoms with Gasteiger partial charge in [-0.3, -0.25) is 0 Å². The van der Waals surface area contributed by atoms with Gasteiger partial charge in [0.25, 0.3) is 0 Å². The van der Waals surface area contributed by atoms with Crippen molar-refractivity contribution in [1.29, 1.82) is 0 Å². The summed E-state index contributed by atoms with van der Waals surface area (Å²) in [5, 5.41) is 4.07. The lowest BCUT2D eigenvalue weighted by atomic mass is 10.1. The highest BCUT2D eigenvalue weighted by atomic mass is 79.9. The lowest BCUT2D eigenvalue weighted by Gasteiger charge is -2.13. The quantitative estimate of drug-likeness (QED) is 0.920. The highest BCUT2D eigenvalue weighted by Gasteiger charge is 2.07. The molecule has 0 aliphatic heterocycles. The number of hydrogen-bond donors (Lipinski definition) is 1. The molecule has 0 unspecified atom stereocenters. The van der Waals surface area contributed by atoms with Crippen molar-refractivity contribution in [3.05, 3.63) is 44.9 Å². The maximum Gasteiger partial charge on any atom is 0.128 e. The van der Waals surface area contributed by atoms with Crippen LogP contribution in [0.5, 0.6) is 0 Å². The van der Waals surface area contributed by atoms with Crippen molar-refractivity contribution >= 4 is 33.2 Å². The average molecular weight is 329 g/mol. The van der Waals surface area contributed by atoms with Crippen molar-refractivity contribution in [2.45, 2.75) is 20.4 Å². The van der Waals surface area contributed by atoms with Crippen molar-refractivity contribution in [2.24, 2.45) is 7.05 Å². The van der Waals surface area contributed by atoms with Crippen LogP contribution in [-0.2, 0) is 13.6 Å². The predicted molar refractivity (Wildman–Crippen MR) is 79.2 cm³/mol. The molecule has 0 atom stereocenters. The van der Waals surface area contributed by atoms with Gasteiger partial charge in [-0.25, -0.2) is 4.98 Å². The van der Waals surface area contributed by atoms with E-state index in [0.717, 1.165) is 16.0 Å². The van der Waals surface area contributed by atoms with E-state index in [-0.39, 0.29) is 0 Å². The minimum atomic E-state index is 0.649. The van der Waals surface area contributed by atoms with Gasteiger partial charge in [-0.15, -0.1) is 0 Å². The van der Waals surface area contributed by atoms with Gasteiger partial charge >= 0.3 is 0 Å². The Labute approximate surface area is 120 Å². The summed E-state index contributed by atoms with van der Waals surface area (Å²) in [5.41, 5.74) is 3.57. The van der Waals surface area contributed by atoms with Crippen molar-refractivity contribution in [3.8, 4) is 0 Å². The second-order valence-electron chi connectivity index (χ2n) is 4.32. The SMILES string of the molecule is Cc1cc(Br)cc(C)c1NCc1ncc(Cl)n1C. The van der Waals surface area contributed by atoms with E-state index < -0.39 is 0 Å². The molecule has 0 spiro atoms. The number of halogens is 2. The van der Waals surface area contributed by atoms with Crippen LogP contribution in [0.15, 0.2) is 22.8 Å². The maximum atomic E-state index is 5.96. The number of aryl methyl sites for hydroxylation is 2. The van der Waals surface area contributed by atoms with Crippen LogP contribution in [0.2, 0.25) is 5.15 Å². The lowest BCUT2D eigenvalue weighted by molar-refractivity contribution is 0.812. The van der Waals surface area contributed by atoms with Gasteiger partial charge in [0.1, 0.15) is 11.0 Å². The van der Waals surface area contributed by atoms with Crippen molar-refractivity contribution in [1.82, 2.24) is 9.55 Å². The summed E-state index contributed by atoms with van der Waals surface area (Å²) in [5.74, 6) is 0.918. The molecule has 2 rings (SSSR count). The number of imidazole rings is 1. The van der Waals surface area contributed by atoms with E-state index in [1.165, 1.54) is 11.1 Å². The molecule has 1 aromatic heterocycles. The summed E-state index contributed by atoms with van der Waals surface area (Å²) in [4.78, 5) is 4.27. The van der Waals surface area contributed by atoms with E-state index in [4.69, 9.17) is 11.6 Å².